The Hall–Kier alpha value is -2.61. The number of amides is 1. The van der Waals surface area contributed by atoms with Crippen molar-refractivity contribution in [1.29, 1.82) is 0 Å². The van der Waals surface area contributed by atoms with E-state index in [4.69, 9.17) is 17.0 Å². The third-order valence-electron chi connectivity index (χ3n) is 3.40. The van der Waals surface area contributed by atoms with E-state index in [9.17, 15) is 18.0 Å². The van der Waals surface area contributed by atoms with Gasteiger partial charge >= 0.3 is 6.18 Å². The number of benzene rings is 2. The van der Waals surface area contributed by atoms with Crippen molar-refractivity contribution in [3.05, 3.63) is 59.2 Å². The van der Waals surface area contributed by atoms with E-state index >= 15 is 0 Å². The van der Waals surface area contributed by atoms with Gasteiger partial charge in [0.25, 0.3) is 5.91 Å². The van der Waals surface area contributed by atoms with Gasteiger partial charge in [-0.15, -0.1) is 0 Å². The summed E-state index contributed by atoms with van der Waals surface area (Å²) in [6.07, 6.45) is -4.46. The molecule has 0 aliphatic heterocycles. The molecule has 1 amide bonds. The predicted octanol–water partition coefficient (Wildman–Crippen LogP) is 4.21. The molecule has 0 heterocycles. The molecule has 2 aromatic carbocycles. The van der Waals surface area contributed by atoms with Crippen LogP contribution in [-0.2, 0) is 11.0 Å². The number of hydrogen-bond donors (Lipinski definition) is 2. The Morgan fingerprint density at radius 3 is 2.58 bits per heavy atom. The average Bonchev–Trinajstić information content (AvgIpc) is 2.55. The van der Waals surface area contributed by atoms with E-state index in [1.54, 1.807) is 0 Å². The number of rotatable bonds is 4. The maximum absolute atomic E-state index is 12.7. The van der Waals surface area contributed by atoms with Gasteiger partial charge in [0.2, 0.25) is 0 Å². The standard InChI is InChI=1S/C18H17F3N2O2S/c1-11-6-7-12(2)15(8-11)25-10-16(24)23-17(26)22-14-5-3-4-13(9-14)18(19,20)21/h3-9H,10H2,1-2H3,(H2,22,23,24,26). The van der Waals surface area contributed by atoms with Crippen LogP contribution < -0.4 is 15.4 Å². The lowest BCUT2D eigenvalue weighted by Gasteiger charge is -2.13. The molecule has 2 aromatic rings. The Kier molecular flexibility index (Phi) is 6.20. The van der Waals surface area contributed by atoms with Crippen molar-refractivity contribution < 1.29 is 22.7 Å². The molecular weight excluding hydrogens is 365 g/mol. The van der Waals surface area contributed by atoms with Gasteiger partial charge in [-0.25, -0.2) is 0 Å². The second-order valence-electron chi connectivity index (χ2n) is 5.64. The van der Waals surface area contributed by atoms with Crippen LogP contribution in [0.4, 0.5) is 18.9 Å². The average molecular weight is 382 g/mol. The lowest BCUT2D eigenvalue weighted by Crippen LogP contribution is -2.37. The highest BCUT2D eigenvalue weighted by Gasteiger charge is 2.30. The monoisotopic (exact) mass is 382 g/mol. The zero-order valence-electron chi connectivity index (χ0n) is 14.1. The Bertz CT molecular complexity index is 822. The third kappa shape index (κ3) is 5.73. The van der Waals surface area contributed by atoms with E-state index in [1.807, 2.05) is 32.0 Å². The first-order valence-corrected chi connectivity index (χ1v) is 8.04. The molecule has 0 bridgehead atoms. The number of aryl methyl sites for hydroxylation is 2. The number of thiocarbonyl (C=S) groups is 1. The number of halogens is 3. The molecule has 0 aromatic heterocycles. The van der Waals surface area contributed by atoms with Gasteiger partial charge in [-0.1, -0.05) is 18.2 Å². The summed E-state index contributed by atoms with van der Waals surface area (Å²) >= 11 is 4.95. The molecule has 138 valence electrons. The highest BCUT2D eigenvalue weighted by Crippen LogP contribution is 2.30. The predicted molar refractivity (Wildman–Crippen MR) is 97.2 cm³/mol. The summed E-state index contributed by atoms with van der Waals surface area (Å²) in [4.78, 5) is 11.9. The summed E-state index contributed by atoms with van der Waals surface area (Å²) in [5.74, 6) is 0.0623. The Morgan fingerprint density at radius 1 is 1.15 bits per heavy atom. The van der Waals surface area contributed by atoms with Crippen LogP contribution in [0.15, 0.2) is 42.5 Å². The van der Waals surface area contributed by atoms with Crippen molar-refractivity contribution in [2.45, 2.75) is 20.0 Å². The van der Waals surface area contributed by atoms with Crippen LogP contribution in [0, 0.1) is 13.8 Å². The van der Waals surface area contributed by atoms with Crippen molar-refractivity contribution in [3.8, 4) is 5.75 Å². The van der Waals surface area contributed by atoms with Crippen LogP contribution in [-0.4, -0.2) is 17.6 Å². The molecule has 0 spiro atoms. The lowest BCUT2D eigenvalue weighted by molar-refractivity contribution is -0.137. The zero-order chi connectivity index (χ0) is 19.3. The highest BCUT2D eigenvalue weighted by atomic mass is 32.1. The van der Waals surface area contributed by atoms with E-state index in [0.717, 1.165) is 23.3 Å². The molecule has 0 fully saturated rings. The van der Waals surface area contributed by atoms with Crippen molar-refractivity contribution >= 4 is 28.9 Å². The number of anilines is 1. The summed E-state index contributed by atoms with van der Waals surface area (Å²) in [6.45, 7) is 3.49. The Morgan fingerprint density at radius 2 is 1.88 bits per heavy atom. The smallest absolute Gasteiger partial charge is 0.416 e. The van der Waals surface area contributed by atoms with Crippen LogP contribution in [0.3, 0.4) is 0 Å². The summed E-state index contributed by atoms with van der Waals surface area (Å²) in [6, 6.07) is 10.1. The van der Waals surface area contributed by atoms with Crippen molar-refractivity contribution in [2.75, 3.05) is 11.9 Å². The molecule has 0 saturated heterocycles. The zero-order valence-corrected chi connectivity index (χ0v) is 14.9. The Balaban J connectivity index is 1.89. The van der Waals surface area contributed by atoms with Crippen LogP contribution in [0.25, 0.3) is 0 Å². The number of alkyl halides is 3. The molecule has 2 N–H and O–H groups in total. The molecule has 0 radical (unpaired) electrons. The van der Waals surface area contributed by atoms with Crippen LogP contribution in [0.1, 0.15) is 16.7 Å². The van der Waals surface area contributed by atoms with Gasteiger partial charge < -0.3 is 10.1 Å². The van der Waals surface area contributed by atoms with Crippen molar-refractivity contribution in [1.82, 2.24) is 5.32 Å². The first-order chi connectivity index (χ1) is 12.1. The normalized spacial score (nSPS) is 11.0. The van der Waals surface area contributed by atoms with Crippen LogP contribution in [0.5, 0.6) is 5.75 Å². The second kappa shape index (κ2) is 8.18. The minimum atomic E-state index is -4.46. The molecule has 0 unspecified atom stereocenters. The number of carbonyl (C=O) groups is 1. The molecule has 8 heteroatoms. The molecule has 0 aliphatic carbocycles. The quantitative estimate of drug-likeness (QED) is 0.778. The first-order valence-electron chi connectivity index (χ1n) is 7.63. The van der Waals surface area contributed by atoms with E-state index < -0.39 is 17.6 Å². The molecular formula is C18H17F3N2O2S. The maximum Gasteiger partial charge on any atom is 0.416 e. The fourth-order valence-electron chi connectivity index (χ4n) is 2.10. The van der Waals surface area contributed by atoms with Crippen molar-refractivity contribution in [2.24, 2.45) is 0 Å². The fraction of sp³-hybridized carbons (Fsp3) is 0.222. The molecule has 0 saturated carbocycles. The summed E-state index contributed by atoms with van der Waals surface area (Å²) in [7, 11) is 0. The van der Waals surface area contributed by atoms with E-state index in [-0.39, 0.29) is 17.4 Å². The number of ether oxygens (including phenoxy) is 1. The van der Waals surface area contributed by atoms with Gasteiger partial charge in [0.1, 0.15) is 5.75 Å². The van der Waals surface area contributed by atoms with Crippen LogP contribution >= 0.6 is 12.2 Å². The van der Waals surface area contributed by atoms with Gasteiger partial charge in [0.05, 0.1) is 5.56 Å². The molecule has 0 aliphatic rings. The van der Waals surface area contributed by atoms with E-state index in [2.05, 4.69) is 10.6 Å². The highest BCUT2D eigenvalue weighted by molar-refractivity contribution is 7.80. The number of carbonyl (C=O) groups excluding carboxylic acids is 1. The van der Waals surface area contributed by atoms with E-state index in [1.165, 1.54) is 12.1 Å². The molecule has 2 rings (SSSR count). The molecule has 0 atom stereocenters. The van der Waals surface area contributed by atoms with Crippen molar-refractivity contribution in [3.63, 3.8) is 0 Å². The first kappa shape index (κ1) is 19.7. The summed E-state index contributed by atoms with van der Waals surface area (Å²) in [5.41, 5.74) is 1.19. The minimum absolute atomic E-state index is 0.112. The number of hydrogen-bond acceptors (Lipinski definition) is 3. The fourth-order valence-corrected chi connectivity index (χ4v) is 2.34. The molecule has 26 heavy (non-hydrogen) atoms. The van der Waals surface area contributed by atoms with E-state index in [0.29, 0.717) is 5.75 Å². The SMILES string of the molecule is Cc1ccc(C)c(OCC(=O)NC(=S)Nc2cccc(C(F)(F)F)c2)c1. The maximum atomic E-state index is 12.7. The lowest BCUT2D eigenvalue weighted by atomic mass is 10.1. The van der Waals surface area contributed by atoms with Gasteiger partial charge in [0, 0.05) is 5.69 Å². The van der Waals surface area contributed by atoms with Crippen LogP contribution in [0.2, 0.25) is 0 Å². The molecule has 4 nitrogen and oxygen atoms in total. The summed E-state index contributed by atoms with van der Waals surface area (Å²) in [5, 5.41) is 4.80. The number of nitrogens with one attached hydrogen (secondary N) is 2. The summed E-state index contributed by atoms with van der Waals surface area (Å²) < 4.78 is 43.5. The topological polar surface area (TPSA) is 50.4 Å². The van der Waals surface area contributed by atoms with Gasteiger partial charge in [-0.05, 0) is 61.5 Å². The van der Waals surface area contributed by atoms with Gasteiger partial charge in [-0.2, -0.15) is 13.2 Å². The largest absolute Gasteiger partial charge is 0.483 e. The second-order valence-corrected chi connectivity index (χ2v) is 6.05. The Labute approximate surface area is 154 Å². The van der Waals surface area contributed by atoms with Gasteiger partial charge in [0.15, 0.2) is 11.7 Å². The van der Waals surface area contributed by atoms with Gasteiger partial charge in [-0.3, -0.25) is 10.1 Å². The third-order valence-corrected chi connectivity index (χ3v) is 3.61. The minimum Gasteiger partial charge on any atom is -0.483 e.